The Hall–Kier alpha value is -0.310. The summed E-state index contributed by atoms with van der Waals surface area (Å²) in [7, 11) is 0. The first kappa shape index (κ1) is 2.12. The van der Waals surface area contributed by atoms with Crippen molar-refractivity contribution in [2.24, 2.45) is 0 Å². The monoisotopic (exact) mass is 148 g/mol. The number of nitrogens with zero attached hydrogens (tertiary/aromatic N) is 1. The lowest BCUT2D eigenvalue weighted by atomic mass is 11.0. The molecule has 0 spiro atoms. The van der Waals surface area contributed by atoms with Crippen molar-refractivity contribution in [3.63, 3.8) is 0 Å². The minimum absolute atomic E-state index is 0.0156. The number of H-pyrrole nitrogens is 1. The SMILES string of the molecule is [2H]c1nc([2H])c(Br)[nH]1. The number of halogens is 1. The van der Waals surface area contributed by atoms with E-state index in [1.807, 2.05) is 0 Å². The van der Waals surface area contributed by atoms with E-state index < -0.39 is 0 Å². The number of imidazole rings is 1. The number of aromatic nitrogens is 2. The summed E-state index contributed by atoms with van der Waals surface area (Å²) in [5.74, 6) is 0. The summed E-state index contributed by atoms with van der Waals surface area (Å²) in [6.45, 7) is 0. The van der Waals surface area contributed by atoms with Crippen LogP contribution in [0.2, 0.25) is 0 Å². The van der Waals surface area contributed by atoms with Gasteiger partial charge in [-0.2, -0.15) is 0 Å². The van der Waals surface area contributed by atoms with Crippen LogP contribution in [0.5, 0.6) is 0 Å². The van der Waals surface area contributed by atoms with E-state index in [1.165, 1.54) is 0 Å². The molecule has 0 fully saturated rings. The topological polar surface area (TPSA) is 28.7 Å². The average molecular weight is 149 g/mol. The van der Waals surface area contributed by atoms with Crippen molar-refractivity contribution < 1.29 is 2.74 Å². The molecule has 0 unspecified atom stereocenters. The lowest BCUT2D eigenvalue weighted by Crippen LogP contribution is -1.50. The zero-order valence-electron chi connectivity index (χ0n) is 4.83. The predicted octanol–water partition coefficient (Wildman–Crippen LogP) is 1.17. The third-order valence-electron chi connectivity index (χ3n) is 0.376. The summed E-state index contributed by atoms with van der Waals surface area (Å²) in [5.41, 5.74) is 0. The Morgan fingerprint density at radius 2 is 3.00 bits per heavy atom. The molecule has 0 aliphatic heterocycles. The molecule has 0 bridgehead atoms. The van der Waals surface area contributed by atoms with Gasteiger partial charge in [0.05, 0.1) is 13.8 Å². The normalized spacial score (nSPS) is 13.5. The summed E-state index contributed by atoms with van der Waals surface area (Å²) in [5, 5.41) is 0. The Bertz CT molecular complexity index is 178. The molecule has 1 aromatic heterocycles. The van der Waals surface area contributed by atoms with Gasteiger partial charge in [-0.1, -0.05) is 0 Å². The first-order chi connectivity index (χ1) is 3.70. The molecular formula is C3H3BrN2. The first-order valence-electron chi connectivity index (χ1n) is 2.39. The van der Waals surface area contributed by atoms with Crippen LogP contribution >= 0.6 is 15.9 Å². The van der Waals surface area contributed by atoms with Gasteiger partial charge in [0.15, 0.2) is 0 Å². The average Bonchev–Trinajstić information content (AvgIpc) is 1.85. The van der Waals surface area contributed by atoms with Crippen molar-refractivity contribution in [1.29, 1.82) is 0 Å². The van der Waals surface area contributed by atoms with E-state index >= 15 is 0 Å². The molecule has 1 N–H and O–H groups in total. The van der Waals surface area contributed by atoms with Crippen LogP contribution in [-0.4, -0.2) is 9.97 Å². The van der Waals surface area contributed by atoms with Crippen LogP contribution in [-0.2, 0) is 0 Å². The molecular weight excluding hydrogens is 144 g/mol. The van der Waals surface area contributed by atoms with Gasteiger partial charge >= 0.3 is 0 Å². The van der Waals surface area contributed by atoms with E-state index in [0.29, 0.717) is 4.60 Å². The van der Waals surface area contributed by atoms with Crippen LogP contribution in [0.3, 0.4) is 0 Å². The Morgan fingerprint density at radius 3 is 3.17 bits per heavy atom. The number of nitrogens with one attached hydrogen (secondary N) is 1. The van der Waals surface area contributed by atoms with E-state index in [4.69, 9.17) is 2.74 Å². The van der Waals surface area contributed by atoms with Crippen LogP contribution in [0.1, 0.15) is 2.74 Å². The van der Waals surface area contributed by atoms with Gasteiger partial charge in [0, 0.05) is 0 Å². The minimum atomic E-state index is 0.0156. The maximum Gasteiger partial charge on any atom is 0.104 e. The maximum absolute atomic E-state index is 6.93. The molecule has 1 rings (SSSR count). The molecule has 6 heavy (non-hydrogen) atoms. The molecule has 2 nitrogen and oxygen atoms in total. The molecule has 3 heteroatoms. The molecule has 0 saturated heterocycles. The second-order valence-electron chi connectivity index (χ2n) is 0.774. The quantitative estimate of drug-likeness (QED) is 0.589. The standard InChI is InChI=1S/C3H3BrN2/c4-3-1-5-2-6-3/h1-2H,(H,5,6)/i1D,2D. The number of aromatic amines is 1. The van der Waals surface area contributed by atoms with Crippen LogP contribution in [0.25, 0.3) is 0 Å². The van der Waals surface area contributed by atoms with Gasteiger partial charge in [-0.15, -0.1) is 0 Å². The molecule has 1 heterocycles. The van der Waals surface area contributed by atoms with Crippen LogP contribution in [0.15, 0.2) is 17.1 Å². The predicted molar refractivity (Wildman–Crippen MR) is 26.3 cm³/mol. The fraction of sp³-hybridized carbons (Fsp3) is 0. The molecule has 0 atom stereocenters. The highest BCUT2D eigenvalue weighted by atomic mass is 79.9. The summed E-state index contributed by atoms with van der Waals surface area (Å²) in [6.07, 6.45) is 0.0943. The number of hydrogen-bond donors (Lipinski definition) is 1. The third kappa shape index (κ3) is 0.597. The highest BCUT2D eigenvalue weighted by molar-refractivity contribution is 9.10. The number of hydrogen-bond acceptors (Lipinski definition) is 1. The van der Waals surface area contributed by atoms with E-state index in [0.717, 1.165) is 0 Å². The Labute approximate surface area is 46.5 Å². The van der Waals surface area contributed by atoms with Gasteiger partial charge in [0.1, 0.15) is 5.97 Å². The summed E-state index contributed by atoms with van der Waals surface area (Å²) < 4.78 is 14.2. The summed E-state index contributed by atoms with van der Waals surface area (Å²) >= 11 is 2.99. The van der Waals surface area contributed by atoms with Crippen LogP contribution in [0.4, 0.5) is 0 Å². The summed E-state index contributed by atoms with van der Waals surface area (Å²) in [4.78, 5) is 5.93. The van der Waals surface area contributed by atoms with Crippen molar-refractivity contribution in [2.75, 3.05) is 0 Å². The molecule has 0 saturated carbocycles. The zero-order valence-corrected chi connectivity index (χ0v) is 4.41. The minimum Gasteiger partial charge on any atom is -0.339 e. The molecule has 0 aliphatic carbocycles. The van der Waals surface area contributed by atoms with Gasteiger partial charge in [-0.3, -0.25) is 0 Å². The molecule has 1 aromatic rings. The smallest absolute Gasteiger partial charge is 0.104 e. The van der Waals surface area contributed by atoms with Crippen molar-refractivity contribution in [1.82, 2.24) is 9.97 Å². The Kier molecular flexibility index (Phi) is 0.503. The van der Waals surface area contributed by atoms with E-state index in [-0.39, 0.29) is 12.5 Å². The van der Waals surface area contributed by atoms with Gasteiger partial charge in [0.2, 0.25) is 0 Å². The van der Waals surface area contributed by atoms with Gasteiger partial charge < -0.3 is 4.98 Å². The molecule has 0 amide bonds. The van der Waals surface area contributed by atoms with E-state index in [9.17, 15) is 0 Å². The van der Waals surface area contributed by atoms with Crippen molar-refractivity contribution >= 4 is 15.9 Å². The summed E-state index contributed by atoms with van der Waals surface area (Å²) in [6, 6.07) is 0. The fourth-order valence-corrected chi connectivity index (χ4v) is 0.359. The molecule has 0 radical (unpaired) electrons. The zero-order chi connectivity index (χ0) is 6.15. The number of rotatable bonds is 0. The third-order valence-corrected chi connectivity index (χ3v) is 0.751. The second-order valence-corrected chi connectivity index (χ2v) is 1.57. The Morgan fingerprint density at radius 1 is 2.17 bits per heavy atom. The van der Waals surface area contributed by atoms with Gasteiger partial charge in [0.25, 0.3) is 0 Å². The van der Waals surface area contributed by atoms with Crippen molar-refractivity contribution in [3.05, 3.63) is 17.1 Å². The largest absolute Gasteiger partial charge is 0.339 e. The highest BCUT2D eigenvalue weighted by Gasteiger charge is 1.76. The molecule has 32 valence electrons. The lowest BCUT2D eigenvalue weighted by Gasteiger charge is -1.64. The molecule has 0 aromatic carbocycles. The van der Waals surface area contributed by atoms with Gasteiger partial charge in [-0.25, -0.2) is 4.98 Å². The second kappa shape index (κ2) is 1.43. The van der Waals surface area contributed by atoms with Crippen LogP contribution in [0, 0.1) is 0 Å². The van der Waals surface area contributed by atoms with Crippen molar-refractivity contribution in [2.45, 2.75) is 0 Å². The van der Waals surface area contributed by atoms with Crippen molar-refractivity contribution in [3.8, 4) is 0 Å². The first-order valence-corrected chi connectivity index (χ1v) is 2.18. The van der Waals surface area contributed by atoms with Gasteiger partial charge in [-0.05, 0) is 15.9 Å². The Balaban J connectivity index is 3.14. The maximum atomic E-state index is 6.93. The highest BCUT2D eigenvalue weighted by Crippen LogP contribution is 1.98. The van der Waals surface area contributed by atoms with Crippen LogP contribution < -0.4 is 0 Å². The van der Waals surface area contributed by atoms with E-state index in [2.05, 4.69) is 25.9 Å². The lowest BCUT2D eigenvalue weighted by molar-refractivity contribution is 1.30. The van der Waals surface area contributed by atoms with E-state index in [1.54, 1.807) is 0 Å². The fourth-order valence-electron chi connectivity index (χ4n) is 0.182. The molecule has 0 aliphatic rings.